The van der Waals surface area contributed by atoms with Crippen molar-refractivity contribution in [1.82, 2.24) is 0 Å². The summed E-state index contributed by atoms with van der Waals surface area (Å²) in [5.74, 6) is 0.0771. The van der Waals surface area contributed by atoms with E-state index in [-0.39, 0.29) is 70.9 Å². The minimum absolute atomic E-state index is 0.0771. The van der Waals surface area contributed by atoms with Gasteiger partial charge in [0.05, 0.1) is 0 Å². The standard InChI is InChI=1S/C111H148Si/c1-68-69(2)71(4)99(70(68)3)112(96-56-72(78-44-84(100(5,6)7)62-85(45-78)101(8,9)10)41-73(57-96)79-46-86(102(11,12)13)63-87(47-79)103(14,15)16,97-58-74(80-48-88(104(17,18)19)64-89(49-80)105(20,21)22)42-75(59-97)81-50-90(106(23,24)25)65-91(51-81)107(26,27)28)98-60-76(82-52-92(108(29,30)31)66-93(53-82)109(32,33)34)43-77(61-98)83-54-94(110(35,36)37)67-95(55-83)111(38,39)40/h41-67,70H,1-40H3. The summed E-state index contributed by atoms with van der Waals surface area (Å²) < 4.78 is 0. The summed E-state index contributed by atoms with van der Waals surface area (Å²) in [6.45, 7) is 96.6. The Balaban J connectivity index is 1.63. The molecule has 0 saturated carbocycles. The van der Waals surface area contributed by atoms with Crippen molar-refractivity contribution in [2.75, 3.05) is 0 Å². The fraction of sp³-hybridized carbons (Fsp3) is 0.477. The summed E-state index contributed by atoms with van der Waals surface area (Å²) >= 11 is 0. The van der Waals surface area contributed by atoms with Crippen molar-refractivity contribution in [3.05, 3.63) is 252 Å². The topological polar surface area (TPSA) is 0 Å². The fourth-order valence-corrected chi connectivity index (χ4v) is 22.2. The summed E-state index contributed by atoms with van der Waals surface area (Å²) in [5.41, 5.74) is 34.0. The first-order valence-corrected chi connectivity index (χ1v) is 44.5. The van der Waals surface area contributed by atoms with Gasteiger partial charge in [0, 0.05) is 0 Å². The van der Waals surface area contributed by atoms with Crippen LogP contribution >= 0.6 is 0 Å². The number of benzene rings is 9. The van der Waals surface area contributed by atoms with Gasteiger partial charge in [-0.15, -0.1) is 0 Å². The van der Waals surface area contributed by atoms with Crippen molar-refractivity contribution >= 4 is 23.6 Å². The van der Waals surface area contributed by atoms with Crippen LogP contribution in [0.15, 0.2) is 186 Å². The molecule has 1 aliphatic carbocycles. The zero-order valence-corrected chi connectivity index (χ0v) is 79.2. The van der Waals surface area contributed by atoms with Crippen LogP contribution in [0.3, 0.4) is 0 Å². The SMILES string of the molecule is CC1=C(C)C(C)C([Si](c2cc(-c3cc(C(C)(C)C)cc(C(C)(C)C)c3)cc(-c3cc(C(C)(C)C)cc(C(C)(C)C)c3)c2)(c2cc(-c3cc(C(C)(C)C)cc(C(C)(C)C)c3)cc(-c3cc(C(C)(C)C)cc(C(C)(C)C)c3)c2)c2cc(-c3cc(C(C)(C)C)cc(C(C)(C)C)c3)cc(-c3cc(C(C)(C)C)cc(C(C)(C)C)c3)c2)=C1C. The molecule has 9 aromatic carbocycles. The zero-order valence-electron chi connectivity index (χ0n) is 78.2. The van der Waals surface area contributed by atoms with E-state index in [1.54, 1.807) is 5.20 Å². The van der Waals surface area contributed by atoms with E-state index in [2.05, 4.69) is 441 Å². The van der Waals surface area contributed by atoms with Gasteiger partial charge in [-0.1, -0.05) is 418 Å². The Morgan fingerprint density at radius 3 is 0.402 bits per heavy atom. The highest BCUT2D eigenvalue weighted by atomic mass is 28.3. The number of rotatable bonds is 10. The summed E-state index contributed by atoms with van der Waals surface area (Å²) in [7, 11) is -3.95. The van der Waals surface area contributed by atoms with Crippen LogP contribution < -0.4 is 15.6 Å². The monoisotopic (exact) mass is 1510 g/mol. The number of allylic oxidation sites excluding steroid dienone is 4. The molecule has 1 aliphatic rings. The van der Waals surface area contributed by atoms with E-state index in [0.29, 0.717) is 0 Å². The zero-order chi connectivity index (χ0) is 84.1. The maximum atomic E-state index is 2.77. The lowest BCUT2D eigenvalue weighted by molar-refractivity contribution is 0.568. The third kappa shape index (κ3) is 18.3. The summed E-state index contributed by atoms with van der Waals surface area (Å²) in [4.78, 5) is 0. The van der Waals surface area contributed by atoms with Gasteiger partial charge in [-0.3, -0.25) is 0 Å². The van der Waals surface area contributed by atoms with Crippen molar-refractivity contribution in [2.24, 2.45) is 5.92 Å². The second-order valence-corrected chi connectivity index (χ2v) is 50.8. The quantitative estimate of drug-likeness (QED) is 0.0946. The third-order valence-electron chi connectivity index (χ3n) is 25.1. The first-order valence-electron chi connectivity index (χ1n) is 42.5. The molecule has 112 heavy (non-hydrogen) atoms. The van der Waals surface area contributed by atoms with Gasteiger partial charge in [0.15, 0.2) is 8.07 Å². The maximum Gasteiger partial charge on any atom is 0.176 e. The molecule has 0 amide bonds. The van der Waals surface area contributed by atoms with Gasteiger partial charge >= 0.3 is 0 Å². The molecule has 0 spiro atoms. The predicted molar refractivity (Wildman–Crippen MR) is 501 cm³/mol. The highest BCUT2D eigenvalue weighted by Gasteiger charge is 2.50. The maximum absolute atomic E-state index is 3.95. The summed E-state index contributed by atoms with van der Waals surface area (Å²) in [5, 5.41) is 5.73. The highest BCUT2D eigenvalue weighted by molar-refractivity contribution is 7.16. The Hall–Kier alpha value is -7.32. The van der Waals surface area contributed by atoms with E-state index < -0.39 is 8.07 Å². The molecule has 0 radical (unpaired) electrons. The fourth-order valence-electron chi connectivity index (χ4n) is 16.4. The molecule has 0 bridgehead atoms. The van der Waals surface area contributed by atoms with E-state index >= 15 is 0 Å². The second kappa shape index (κ2) is 29.1. The minimum atomic E-state index is -3.95. The highest BCUT2D eigenvalue weighted by Crippen LogP contribution is 2.48. The summed E-state index contributed by atoms with van der Waals surface area (Å²) in [6.07, 6.45) is 0. The van der Waals surface area contributed by atoms with Crippen molar-refractivity contribution in [1.29, 1.82) is 0 Å². The Bertz CT molecular complexity index is 4200. The van der Waals surface area contributed by atoms with Crippen molar-refractivity contribution in [2.45, 2.75) is 342 Å². The molecule has 0 heterocycles. The summed E-state index contributed by atoms with van der Waals surface area (Å²) in [6, 6.07) is 70.3. The molecular formula is C111H148Si. The van der Waals surface area contributed by atoms with Gasteiger partial charge in [0.25, 0.3) is 0 Å². The first kappa shape index (κ1) is 87.1. The van der Waals surface area contributed by atoms with Gasteiger partial charge in [-0.25, -0.2) is 0 Å². The van der Waals surface area contributed by atoms with Gasteiger partial charge in [0.1, 0.15) is 0 Å². The first-order chi connectivity index (χ1) is 50.6. The molecule has 0 aliphatic heterocycles. The molecule has 1 heteroatoms. The van der Waals surface area contributed by atoms with Crippen LogP contribution in [0, 0.1) is 5.92 Å². The van der Waals surface area contributed by atoms with Crippen LogP contribution in [-0.4, -0.2) is 8.07 Å². The van der Waals surface area contributed by atoms with Crippen LogP contribution in [0.1, 0.15) is 344 Å². The lowest BCUT2D eigenvalue weighted by atomic mass is 9.78. The lowest BCUT2D eigenvalue weighted by Gasteiger charge is -2.40. The van der Waals surface area contributed by atoms with Gasteiger partial charge < -0.3 is 0 Å². The van der Waals surface area contributed by atoms with Crippen LogP contribution in [0.5, 0.6) is 0 Å². The lowest BCUT2D eigenvalue weighted by Crippen LogP contribution is -2.69. The van der Waals surface area contributed by atoms with Crippen molar-refractivity contribution < 1.29 is 0 Å². The molecule has 0 nitrogen and oxygen atoms in total. The second-order valence-electron chi connectivity index (χ2n) is 47.0. The molecule has 0 fully saturated rings. The van der Waals surface area contributed by atoms with Crippen LogP contribution in [-0.2, 0) is 65.0 Å². The average molecular weight is 1510 g/mol. The van der Waals surface area contributed by atoms with E-state index in [1.807, 2.05) is 0 Å². The van der Waals surface area contributed by atoms with Crippen LogP contribution in [0.25, 0.3) is 66.8 Å². The smallest absolute Gasteiger partial charge is 0.0636 e. The van der Waals surface area contributed by atoms with E-state index in [9.17, 15) is 0 Å². The Morgan fingerprint density at radius 2 is 0.295 bits per heavy atom. The van der Waals surface area contributed by atoms with E-state index in [4.69, 9.17) is 0 Å². The van der Waals surface area contributed by atoms with Gasteiger partial charge in [-0.2, -0.15) is 0 Å². The molecular weight excluding hydrogens is 1360 g/mol. The number of hydrogen-bond acceptors (Lipinski definition) is 0. The largest absolute Gasteiger partial charge is 0.176 e. The predicted octanol–water partition coefficient (Wildman–Crippen LogP) is 30.6. The Morgan fingerprint density at radius 1 is 0.170 bits per heavy atom. The third-order valence-corrected chi connectivity index (χ3v) is 30.2. The van der Waals surface area contributed by atoms with Crippen molar-refractivity contribution in [3.8, 4) is 66.8 Å². The van der Waals surface area contributed by atoms with Crippen LogP contribution in [0.2, 0.25) is 0 Å². The molecule has 0 N–H and O–H groups in total. The molecule has 0 saturated heterocycles. The number of hydrogen-bond donors (Lipinski definition) is 0. The molecule has 1 unspecified atom stereocenters. The van der Waals surface area contributed by atoms with E-state index in [1.165, 1.54) is 166 Å². The molecule has 9 aromatic rings. The van der Waals surface area contributed by atoms with Crippen molar-refractivity contribution in [3.63, 3.8) is 0 Å². The molecule has 0 aromatic heterocycles. The van der Waals surface area contributed by atoms with E-state index in [0.717, 1.165) is 0 Å². The normalized spacial score (nSPS) is 15.2. The average Bonchev–Trinajstić information content (AvgIpc) is 1.31. The molecule has 10 rings (SSSR count). The Labute approximate surface area is 686 Å². The van der Waals surface area contributed by atoms with Gasteiger partial charge in [-0.05, 0) is 265 Å². The molecule has 596 valence electrons. The van der Waals surface area contributed by atoms with Crippen LogP contribution in [0.4, 0.5) is 0 Å². The minimum Gasteiger partial charge on any atom is -0.0636 e. The van der Waals surface area contributed by atoms with Gasteiger partial charge in [0.2, 0.25) is 0 Å². The molecule has 1 atom stereocenters. The Kier molecular flexibility index (Phi) is 22.7.